The predicted octanol–water partition coefficient (Wildman–Crippen LogP) is 5.67. The molecular weight excluding hydrogens is 372 g/mol. The fraction of sp³-hybridized carbons (Fsp3) is 0.296. The molecule has 0 aliphatic carbocycles. The van der Waals surface area contributed by atoms with Crippen LogP contribution in [0.3, 0.4) is 0 Å². The number of hydrogen-bond donors (Lipinski definition) is 2. The molecule has 0 aliphatic rings. The van der Waals surface area contributed by atoms with Crippen molar-refractivity contribution in [2.75, 3.05) is 6.61 Å². The summed E-state index contributed by atoms with van der Waals surface area (Å²) in [5, 5.41) is 18.5. The molecular formula is C27H30O3. The molecule has 0 amide bonds. The van der Waals surface area contributed by atoms with Crippen molar-refractivity contribution in [1.82, 2.24) is 0 Å². The van der Waals surface area contributed by atoms with E-state index in [1.165, 1.54) is 16.7 Å². The average Bonchev–Trinajstić information content (AvgIpc) is 2.76. The van der Waals surface area contributed by atoms with Crippen LogP contribution < -0.4 is 4.74 Å². The third kappa shape index (κ3) is 5.29. The van der Waals surface area contributed by atoms with Gasteiger partial charge in [-0.3, -0.25) is 0 Å². The first-order valence-electron chi connectivity index (χ1n) is 10.5. The van der Waals surface area contributed by atoms with Gasteiger partial charge in [0, 0.05) is 6.61 Å². The quantitative estimate of drug-likeness (QED) is 0.485. The smallest absolute Gasteiger partial charge is 0.120 e. The number of aliphatic hydroxyl groups excluding tert-OH is 2. The zero-order valence-corrected chi connectivity index (χ0v) is 17.8. The fourth-order valence-corrected chi connectivity index (χ4v) is 3.83. The van der Waals surface area contributed by atoms with E-state index in [1.807, 2.05) is 30.3 Å². The molecule has 0 fully saturated rings. The SMILES string of the molecule is [CH]c1cc(COc2cccc(-c3ccc(C(CC)CCO)cc3C)c2)ccc1CO. The van der Waals surface area contributed by atoms with E-state index in [9.17, 15) is 10.2 Å². The zero-order valence-electron chi connectivity index (χ0n) is 17.8. The van der Waals surface area contributed by atoms with Crippen LogP contribution in [0.5, 0.6) is 5.75 Å². The second-order valence-electron chi connectivity index (χ2n) is 7.70. The molecule has 3 aromatic carbocycles. The van der Waals surface area contributed by atoms with Gasteiger partial charge in [-0.25, -0.2) is 0 Å². The van der Waals surface area contributed by atoms with E-state index in [0.717, 1.165) is 35.3 Å². The third-order valence-corrected chi connectivity index (χ3v) is 5.62. The van der Waals surface area contributed by atoms with Crippen LogP contribution in [0.25, 0.3) is 11.1 Å². The van der Waals surface area contributed by atoms with Crippen LogP contribution in [0.1, 0.15) is 53.5 Å². The maximum absolute atomic E-state index is 9.30. The molecule has 0 aliphatic heterocycles. The highest BCUT2D eigenvalue weighted by atomic mass is 16.5. The Morgan fingerprint density at radius 3 is 2.50 bits per heavy atom. The van der Waals surface area contributed by atoms with Crippen molar-refractivity contribution in [3.8, 4) is 16.9 Å². The molecule has 3 nitrogen and oxygen atoms in total. The van der Waals surface area contributed by atoms with E-state index in [-0.39, 0.29) is 13.2 Å². The maximum atomic E-state index is 9.30. The largest absolute Gasteiger partial charge is 0.489 e. The highest BCUT2D eigenvalue weighted by Gasteiger charge is 2.11. The highest BCUT2D eigenvalue weighted by Crippen LogP contribution is 2.31. The van der Waals surface area contributed by atoms with Crippen molar-refractivity contribution in [3.63, 3.8) is 0 Å². The molecule has 2 radical (unpaired) electrons. The maximum Gasteiger partial charge on any atom is 0.120 e. The minimum absolute atomic E-state index is 0.0633. The van der Waals surface area contributed by atoms with Gasteiger partial charge in [-0.2, -0.15) is 0 Å². The van der Waals surface area contributed by atoms with Gasteiger partial charge < -0.3 is 14.9 Å². The first-order valence-corrected chi connectivity index (χ1v) is 10.5. The summed E-state index contributed by atoms with van der Waals surface area (Å²) < 4.78 is 5.99. The molecule has 3 rings (SSSR count). The van der Waals surface area contributed by atoms with E-state index in [0.29, 0.717) is 18.1 Å². The fourth-order valence-electron chi connectivity index (χ4n) is 3.83. The molecule has 0 bridgehead atoms. The Kier molecular flexibility index (Phi) is 7.67. The van der Waals surface area contributed by atoms with Gasteiger partial charge in [-0.05, 0) is 83.7 Å². The topological polar surface area (TPSA) is 49.7 Å². The highest BCUT2D eigenvalue weighted by molar-refractivity contribution is 5.69. The average molecular weight is 403 g/mol. The molecule has 0 heterocycles. The van der Waals surface area contributed by atoms with E-state index in [4.69, 9.17) is 11.7 Å². The standard InChI is InChI=1S/C27H30O3/c1-4-22(12-13-28)23-10-11-27(20(3)15-23)24-6-5-7-26(16-24)30-18-21-8-9-25(17-29)19(2)14-21/h2,5-11,14-16,22,28-29H,4,12-13,17-18H2,1,3H3. The lowest BCUT2D eigenvalue weighted by Gasteiger charge is -2.17. The molecule has 156 valence electrons. The summed E-state index contributed by atoms with van der Waals surface area (Å²) in [6, 6.07) is 20.3. The second-order valence-corrected chi connectivity index (χ2v) is 7.70. The van der Waals surface area contributed by atoms with Crippen LogP contribution in [0.2, 0.25) is 0 Å². The minimum Gasteiger partial charge on any atom is -0.489 e. The molecule has 0 saturated carbocycles. The summed E-state index contributed by atoms with van der Waals surface area (Å²) in [6.07, 6.45) is 1.81. The number of rotatable bonds is 9. The lowest BCUT2D eigenvalue weighted by atomic mass is 9.89. The van der Waals surface area contributed by atoms with Gasteiger partial charge in [0.15, 0.2) is 0 Å². The monoisotopic (exact) mass is 402 g/mol. The summed E-state index contributed by atoms with van der Waals surface area (Å²) in [7, 11) is 0. The molecule has 3 heteroatoms. The normalized spacial score (nSPS) is 12.0. The van der Waals surface area contributed by atoms with E-state index in [1.54, 1.807) is 0 Å². The van der Waals surface area contributed by atoms with Crippen LogP contribution in [-0.4, -0.2) is 16.8 Å². The molecule has 1 unspecified atom stereocenters. The third-order valence-electron chi connectivity index (χ3n) is 5.62. The summed E-state index contributed by atoms with van der Waals surface area (Å²) in [5.74, 6) is 1.19. The molecule has 2 N–H and O–H groups in total. The minimum atomic E-state index is -0.0633. The zero-order chi connectivity index (χ0) is 21.5. The van der Waals surface area contributed by atoms with Gasteiger partial charge in [-0.1, -0.05) is 55.5 Å². The lowest BCUT2D eigenvalue weighted by Crippen LogP contribution is -2.01. The Morgan fingerprint density at radius 2 is 1.83 bits per heavy atom. The number of aryl methyl sites for hydroxylation is 1. The van der Waals surface area contributed by atoms with E-state index < -0.39 is 0 Å². The summed E-state index contributed by atoms with van der Waals surface area (Å²) in [6.45, 7) is 10.8. The Labute approximate surface area is 180 Å². The lowest BCUT2D eigenvalue weighted by molar-refractivity contribution is 0.274. The first-order chi connectivity index (χ1) is 14.5. The van der Waals surface area contributed by atoms with Crippen molar-refractivity contribution < 1.29 is 14.9 Å². The Bertz CT molecular complexity index is 978. The number of aliphatic hydroxyl groups is 2. The predicted molar refractivity (Wildman–Crippen MR) is 121 cm³/mol. The molecule has 30 heavy (non-hydrogen) atoms. The van der Waals surface area contributed by atoms with E-state index in [2.05, 4.69) is 44.2 Å². The molecule has 0 saturated heterocycles. The van der Waals surface area contributed by atoms with E-state index >= 15 is 0 Å². The van der Waals surface area contributed by atoms with Crippen molar-refractivity contribution in [1.29, 1.82) is 0 Å². The summed E-state index contributed by atoms with van der Waals surface area (Å²) >= 11 is 0. The number of hydrogen-bond acceptors (Lipinski definition) is 3. The number of benzene rings is 3. The van der Waals surface area contributed by atoms with Gasteiger partial charge in [-0.15, -0.1) is 0 Å². The van der Waals surface area contributed by atoms with Crippen LogP contribution in [0, 0.1) is 13.8 Å². The van der Waals surface area contributed by atoms with Crippen LogP contribution in [-0.2, 0) is 13.2 Å². The van der Waals surface area contributed by atoms with Crippen molar-refractivity contribution in [3.05, 3.63) is 95.4 Å². The van der Waals surface area contributed by atoms with Gasteiger partial charge >= 0.3 is 0 Å². The van der Waals surface area contributed by atoms with Gasteiger partial charge in [0.25, 0.3) is 0 Å². The second kappa shape index (κ2) is 10.4. The van der Waals surface area contributed by atoms with Crippen molar-refractivity contribution in [2.24, 2.45) is 0 Å². The van der Waals surface area contributed by atoms with Gasteiger partial charge in [0.1, 0.15) is 12.4 Å². The van der Waals surface area contributed by atoms with Gasteiger partial charge in [0.05, 0.1) is 6.61 Å². The molecule has 0 aromatic heterocycles. The van der Waals surface area contributed by atoms with Crippen LogP contribution in [0.4, 0.5) is 0 Å². The number of ether oxygens (including phenoxy) is 1. The van der Waals surface area contributed by atoms with Crippen molar-refractivity contribution >= 4 is 0 Å². The summed E-state index contributed by atoms with van der Waals surface area (Å²) in [4.78, 5) is 0. The Morgan fingerprint density at radius 1 is 1.00 bits per heavy atom. The van der Waals surface area contributed by atoms with Gasteiger partial charge in [0.2, 0.25) is 0 Å². The van der Waals surface area contributed by atoms with Crippen LogP contribution in [0.15, 0.2) is 60.7 Å². The van der Waals surface area contributed by atoms with Crippen molar-refractivity contribution in [2.45, 2.75) is 45.8 Å². The Balaban J connectivity index is 1.76. The first kappa shape index (κ1) is 22.1. The molecule has 0 spiro atoms. The summed E-state index contributed by atoms with van der Waals surface area (Å²) in [5.41, 5.74) is 7.06. The molecule has 3 aromatic rings. The Hall–Kier alpha value is -2.62. The van der Waals surface area contributed by atoms with Crippen LogP contribution >= 0.6 is 0 Å². The molecule has 1 atom stereocenters.